The number of benzene rings is 1. The van der Waals surface area contributed by atoms with Gasteiger partial charge in [-0.1, -0.05) is 0 Å². The number of amides is 1. The van der Waals surface area contributed by atoms with Crippen LogP contribution in [0.25, 0.3) is 11.0 Å². The minimum Gasteiger partial charge on any atom is -0.495 e. The van der Waals surface area contributed by atoms with Gasteiger partial charge in [0.15, 0.2) is 5.65 Å². The highest BCUT2D eigenvalue weighted by molar-refractivity contribution is 5.77. The van der Waals surface area contributed by atoms with Crippen LogP contribution in [0.15, 0.2) is 24.5 Å². The van der Waals surface area contributed by atoms with Crippen molar-refractivity contribution in [3.63, 3.8) is 0 Å². The molecule has 0 radical (unpaired) electrons. The number of aryl methyl sites for hydroxylation is 1. The summed E-state index contributed by atoms with van der Waals surface area (Å²) in [4.78, 5) is 22.3. The summed E-state index contributed by atoms with van der Waals surface area (Å²) in [6, 6.07) is 4.18. The van der Waals surface area contributed by atoms with E-state index in [4.69, 9.17) is 10.5 Å². The van der Waals surface area contributed by atoms with Crippen molar-refractivity contribution in [1.29, 1.82) is 0 Å². The molecular formula is C19H23N7O2. The maximum atomic E-state index is 11.1. The van der Waals surface area contributed by atoms with Crippen LogP contribution in [0.5, 0.6) is 5.75 Å². The lowest BCUT2D eigenvalue weighted by molar-refractivity contribution is -0.118. The molecule has 2 aromatic heterocycles. The minimum absolute atomic E-state index is 0.204. The lowest BCUT2D eigenvalue weighted by Gasteiger charge is -2.26. The lowest BCUT2D eigenvalue weighted by atomic mass is 9.99. The normalized spacial score (nSPS) is 14.1. The van der Waals surface area contributed by atoms with Gasteiger partial charge in [0.2, 0.25) is 11.9 Å². The van der Waals surface area contributed by atoms with E-state index in [1.54, 1.807) is 24.2 Å². The topological polar surface area (TPSA) is 111 Å². The third-order valence-electron chi connectivity index (χ3n) is 4.92. The number of anilines is 2. The number of ether oxygens (including phenoxy) is 1. The van der Waals surface area contributed by atoms with Crippen LogP contribution in [0.3, 0.4) is 0 Å². The van der Waals surface area contributed by atoms with Crippen LogP contribution in [0.2, 0.25) is 0 Å². The van der Waals surface area contributed by atoms with Gasteiger partial charge in [0.05, 0.1) is 30.9 Å². The third-order valence-corrected chi connectivity index (χ3v) is 4.92. The Hall–Kier alpha value is -3.20. The van der Waals surface area contributed by atoms with Crippen molar-refractivity contribution < 1.29 is 9.53 Å². The number of hydrogen-bond acceptors (Lipinski definition) is 7. The first kappa shape index (κ1) is 18.2. The number of primary amides is 1. The second-order valence-electron chi connectivity index (χ2n) is 6.99. The number of nitrogens with one attached hydrogen (secondary N) is 1. The highest BCUT2D eigenvalue weighted by atomic mass is 16.5. The highest BCUT2D eigenvalue weighted by Crippen LogP contribution is 2.33. The molecule has 0 fully saturated rings. The first-order chi connectivity index (χ1) is 13.5. The smallest absolute Gasteiger partial charge is 0.229 e. The van der Waals surface area contributed by atoms with Crippen molar-refractivity contribution in [3.8, 4) is 5.75 Å². The zero-order chi connectivity index (χ0) is 19.7. The molecule has 0 saturated heterocycles. The molecule has 0 aliphatic carbocycles. The van der Waals surface area contributed by atoms with E-state index >= 15 is 0 Å². The number of nitrogens with two attached hydrogens (primary N) is 1. The number of rotatable bonds is 6. The van der Waals surface area contributed by atoms with Crippen LogP contribution in [-0.2, 0) is 24.3 Å². The third kappa shape index (κ3) is 3.61. The first-order valence-electron chi connectivity index (χ1n) is 9.15. The van der Waals surface area contributed by atoms with Crippen LogP contribution in [0.4, 0.5) is 11.6 Å². The Balaban J connectivity index is 1.65. The standard InChI is InChI=1S/C19H23N7O2/c1-25-5-3-12-8-16(28-2)15(7-13(12)11-25)23-19-21-9-14-10-22-26(18(14)24-19)6-4-17(20)27/h7-10H,3-6,11H2,1-2H3,(H2,20,27)(H,21,23,24). The zero-order valence-corrected chi connectivity index (χ0v) is 16.0. The second-order valence-corrected chi connectivity index (χ2v) is 6.99. The molecule has 0 saturated carbocycles. The zero-order valence-electron chi connectivity index (χ0n) is 16.0. The second kappa shape index (κ2) is 7.43. The van der Waals surface area contributed by atoms with Crippen molar-refractivity contribution >= 4 is 28.6 Å². The Morgan fingerprint density at radius 1 is 1.32 bits per heavy atom. The predicted molar refractivity (Wildman–Crippen MR) is 105 cm³/mol. The fourth-order valence-corrected chi connectivity index (χ4v) is 3.42. The van der Waals surface area contributed by atoms with Crippen molar-refractivity contribution in [2.24, 2.45) is 5.73 Å². The van der Waals surface area contributed by atoms with Crippen LogP contribution >= 0.6 is 0 Å². The van der Waals surface area contributed by atoms with Crippen molar-refractivity contribution in [1.82, 2.24) is 24.6 Å². The molecule has 0 bridgehead atoms. The fourth-order valence-electron chi connectivity index (χ4n) is 3.42. The van der Waals surface area contributed by atoms with Gasteiger partial charge in [-0.25, -0.2) is 9.67 Å². The molecule has 4 rings (SSSR count). The van der Waals surface area contributed by atoms with Crippen LogP contribution in [-0.4, -0.2) is 51.3 Å². The molecule has 1 aromatic carbocycles. The van der Waals surface area contributed by atoms with Gasteiger partial charge in [-0.15, -0.1) is 0 Å². The van der Waals surface area contributed by atoms with Gasteiger partial charge in [-0.05, 0) is 36.7 Å². The molecule has 1 aliphatic rings. The van der Waals surface area contributed by atoms with Gasteiger partial charge in [0.1, 0.15) is 5.75 Å². The van der Waals surface area contributed by atoms with E-state index in [9.17, 15) is 4.79 Å². The van der Waals surface area contributed by atoms with Gasteiger partial charge in [0.25, 0.3) is 0 Å². The number of carbonyl (C=O) groups excluding carboxylic acids is 1. The molecule has 0 unspecified atom stereocenters. The minimum atomic E-state index is -0.375. The largest absolute Gasteiger partial charge is 0.495 e. The molecule has 0 spiro atoms. The monoisotopic (exact) mass is 381 g/mol. The molecule has 9 nitrogen and oxygen atoms in total. The lowest BCUT2D eigenvalue weighted by Crippen LogP contribution is -2.26. The summed E-state index contributed by atoms with van der Waals surface area (Å²) in [7, 11) is 3.77. The summed E-state index contributed by atoms with van der Waals surface area (Å²) >= 11 is 0. The number of carbonyl (C=O) groups is 1. The quantitative estimate of drug-likeness (QED) is 0.664. The molecule has 0 atom stereocenters. The van der Waals surface area contributed by atoms with E-state index in [2.05, 4.69) is 44.5 Å². The molecular weight excluding hydrogens is 358 g/mol. The van der Waals surface area contributed by atoms with E-state index < -0.39 is 0 Å². The molecule has 3 N–H and O–H groups in total. The van der Waals surface area contributed by atoms with Crippen LogP contribution in [0, 0.1) is 0 Å². The molecule has 1 amide bonds. The summed E-state index contributed by atoms with van der Waals surface area (Å²) < 4.78 is 7.23. The fraction of sp³-hybridized carbons (Fsp3) is 0.368. The summed E-state index contributed by atoms with van der Waals surface area (Å²) in [5.41, 5.74) is 9.28. The summed E-state index contributed by atoms with van der Waals surface area (Å²) in [6.07, 6.45) is 4.59. The number of aromatic nitrogens is 4. The number of likely N-dealkylation sites (N-methyl/N-ethyl adjacent to an activating group) is 1. The Morgan fingerprint density at radius 3 is 2.96 bits per heavy atom. The Labute approximate surface area is 162 Å². The molecule has 146 valence electrons. The van der Waals surface area contributed by atoms with Gasteiger partial charge < -0.3 is 20.7 Å². The summed E-state index contributed by atoms with van der Waals surface area (Å²) in [5, 5.41) is 8.33. The predicted octanol–water partition coefficient (Wildman–Crippen LogP) is 1.44. The van der Waals surface area contributed by atoms with Crippen molar-refractivity contribution in [3.05, 3.63) is 35.7 Å². The maximum Gasteiger partial charge on any atom is 0.229 e. The highest BCUT2D eigenvalue weighted by Gasteiger charge is 2.17. The SMILES string of the molecule is COc1cc2c(cc1Nc1ncc3cnn(CCC(N)=O)c3n1)CN(C)CC2. The Bertz CT molecular complexity index is 1030. The van der Waals surface area contributed by atoms with Crippen molar-refractivity contribution in [2.75, 3.05) is 26.0 Å². The van der Waals surface area contributed by atoms with Gasteiger partial charge in [0, 0.05) is 25.7 Å². The van der Waals surface area contributed by atoms with Gasteiger partial charge >= 0.3 is 0 Å². The van der Waals surface area contributed by atoms with E-state index in [0.29, 0.717) is 18.1 Å². The summed E-state index contributed by atoms with van der Waals surface area (Å²) in [6.45, 7) is 2.32. The number of fused-ring (bicyclic) bond motifs is 2. The van der Waals surface area contributed by atoms with E-state index in [1.807, 2.05) is 0 Å². The van der Waals surface area contributed by atoms with E-state index in [0.717, 1.165) is 36.3 Å². The maximum absolute atomic E-state index is 11.1. The Morgan fingerprint density at radius 2 is 2.18 bits per heavy atom. The molecule has 1 aliphatic heterocycles. The number of methoxy groups -OCH3 is 1. The number of hydrogen-bond donors (Lipinski definition) is 2. The average Bonchev–Trinajstić information content (AvgIpc) is 3.08. The number of nitrogens with zero attached hydrogens (tertiary/aromatic N) is 5. The van der Waals surface area contributed by atoms with Crippen LogP contribution in [0.1, 0.15) is 17.5 Å². The van der Waals surface area contributed by atoms with Gasteiger partial charge in [-0.2, -0.15) is 10.1 Å². The van der Waals surface area contributed by atoms with E-state index in [-0.39, 0.29) is 12.3 Å². The molecule has 28 heavy (non-hydrogen) atoms. The van der Waals surface area contributed by atoms with Crippen LogP contribution < -0.4 is 15.8 Å². The molecule has 3 heterocycles. The van der Waals surface area contributed by atoms with Crippen molar-refractivity contribution in [2.45, 2.75) is 25.9 Å². The Kier molecular flexibility index (Phi) is 4.82. The molecule has 9 heteroatoms. The molecule has 3 aromatic rings. The summed E-state index contributed by atoms with van der Waals surface area (Å²) in [5.74, 6) is 0.824. The van der Waals surface area contributed by atoms with E-state index in [1.165, 1.54) is 11.1 Å². The average molecular weight is 381 g/mol. The van der Waals surface area contributed by atoms with Gasteiger partial charge in [-0.3, -0.25) is 4.79 Å². The first-order valence-corrected chi connectivity index (χ1v) is 9.15.